The van der Waals surface area contributed by atoms with E-state index in [1.807, 2.05) is 46.2 Å². The van der Waals surface area contributed by atoms with E-state index in [2.05, 4.69) is 135 Å². The van der Waals surface area contributed by atoms with Gasteiger partial charge < -0.3 is 25.4 Å². The van der Waals surface area contributed by atoms with E-state index in [1.54, 1.807) is 13.8 Å². The first kappa shape index (κ1) is 69.7. The van der Waals surface area contributed by atoms with E-state index in [9.17, 15) is 56.0 Å². The van der Waals surface area contributed by atoms with Crippen molar-refractivity contribution in [3.8, 4) is 11.1 Å². The topological polar surface area (TPSA) is 140 Å². The number of anilines is 1. The van der Waals surface area contributed by atoms with Crippen molar-refractivity contribution in [2.75, 3.05) is 52.7 Å². The molecule has 93 heavy (non-hydrogen) atoms. The number of hydrogen-bond acceptors (Lipinski definition) is 9. The molecule has 0 saturated carbocycles. The molecule has 1 heterocycles. The number of hydrogen-bond donors (Lipinski definition) is 5. The van der Waals surface area contributed by atoms with Gasteiger partial charge in [0.2, 0.25) is 5.91 Å². The molecule has 2 aliphatic rings. The Hall–Kier alpha value is -7.62. The van der Waals surface area contributed by atoms with Gasteiger partial charge in [-0.25, -0.2) is 0 Å². The number of Topliss-reactive ketones (excluding diaryl/α,β-unsaturated/α-hetero) is 1. The summed E-state index contributed by atoms with van der Waals surface area (Å²) in [4.78, 5) is 31.6. The fourth-order valence-electron chi connectivity index (χ4n) is 12.8. The summed E-state index contributed by atoms with van der Waals surface area (Å²) in [7, 11) is 3.99. The molecule has 0 radical (unpaired) electrons. The molecular formula is C73H80B2F6GeN5O6+. The van der Waals surface area contributed by atoms with Gasteiger partial charge in [0.25, 0.3) is 0 Å². The number of nitrogens with one attached hydrogen (secondary N) is 1. The molecule has 0 unspecified atom stereocenters. The van der Waals surface area contributed by atoms with Gasteiger partial charge in [-0.3, -0.25) is 14.5 Å². The maximum absolute atomic E-state index is 14.5. The van der Waals surface area contributed by atoms with Gasteiger partial charge in [-0.2, -0.15) is 26.3 Å². The molecular weight excluding hydrogens is 1250 g/mol. The summed E-state index contributed by atoms with van der Waals surface area (Å²) in [5.41, 5.74) is 9.68. The number of rotatable bonds is 24. The first-order valence-corrected chi connectivity index (χ1v) is 37.4. The average Bonchev–Trinajstić information content (AvgIpc) is 0.724. The Morgan fingerprint density at radius 1 is 0.624 bits per heavy atom. The second-order valence-electron chi connectivity index (χ2n) is 25.6. The maximum atomic E-state index is 14.5. The third kappa shape index (κ3) is 15.6. The molecule has 7 aromatic rings. The Bertz CT molecular complexity index is 4220. The summed E-state index contributed by atoms with van der Waals surface area (Å²) in [5.74, 6) is 4.42. The summed E-state index contributed by atoms with van der Waals surface area (Å²) in [5, 5.41) is 48.4. The van der Waals surface area contributed by atoms with Gasteiger partial charge in [-0.15, -0.1) is 0 Å². The molecule has 0 fully saturated rings. The number of allylic oxidation sites excluding steroid dienone is 6. The van der Waals surface area contributed by atoms with Crippen molar-refractivity contribution in [2.24, 2.45) is 0 Å². The first-order chi connectivity index (χ1) is 43.8. The van der Waals surface area contributed by atoms with Crippen LogP contribution in [0.15, 0.2) is 168 Å². The zero-order valence-electron chi connectivity index (χ0n) is 54.2. The third-order valence-corrected chi connectivity index (χ3v) is 25.4. The molecule has 7 aromatic carbocycles. The predicted octanol–water partition coefficient (Wildman–Crippen LogP) is 11.3. The van der Waals surface area contributed by atoms with E-state index >= 15 is 0 Å². The van der Waals surface area contributed by atoms with Crippen LogP contribution in [0, 0.1) is 6.92 Å². The molecule has 11 nitrogen and oxygen atoms in total. The summed E-state index contributed by atoms with van der Waals surface area (Å²) in [6, 6.07) is 32.7. The number of aryl methyl sites for hydroxylation is 1. The summed E-state index contributed by atoms with van der Waals surface area (Å²) < 4.78 is 91.9. The van der Waals surface area contributed by atoms with Crippen LogP contribution in [-0.2, 0) is 48.1 Å². The molecule has 0 atom stereocenters. The van der Waals surface area contributed by atoms with Gasteiger partial charge in [-0.1, -0.05) is 55.6 Å². The predicted molar refractivity (Wildman–Crippen MR) is 367 cm³/mol. The van der Waals surface area contributed by atoms with Crippen molar-refractivity contribution in [1.29, 1.82) is 0 Å². The van der Waals surface area contributed by atoms with Crippen LogP contribution in [0.5, 0.6) is 0 Å². The Kier molecular flexibility index (Phi) is 21.4. The van der Waals surface area contributed by atoms with Crippen LogP contribution in [0.3, 0.4) is 0 Å². The molecule has 0 aromatic heterocycles. The first-order valence-electron chi connectivity index (χ1n) is 31.1. The van der Waals surface area contributed by atoms with Crippen LogP contribution in [0.2, 0.25) is 11.5 Å². The van der Waals surface area contributed by atoms with Gasteiger partial charge in [0.1, 0.15) is 0 Å². The number of alkyl halides is 6. The van der Waals surface area contributed by atoms with Crippen LogP contribution in [-0.4, -0.2) is 127 Å². The van der Waals surface area contributed by atoms with Crippen LogP contribution >= 0.6 is 0 Å². The molecule has 1 aliphatic carbocycles. The van der Waals surface area contributed by atoms with Crippen molar-refractivity contribution in [3.05, 3.63) is 218 Å². The van der Waals surface area contributed by atoms with E-state index < -0.39 is 51.0 Å². The van der Waals surface area contributed by atoms with Crippen molar-refractivity contribution in [3.63, 3.8) is 0 Å². The standard InChI is InChI=1S/C73H79B2F6GeN5O6/c1-45(2)69(88)19-14-15-33-86(41-50-35-52(72(76,77)78)23-30-65(50)74(90)91)44-64-57-18-13-12-17-56(57)63(43-87(34-16-32-83-71(89)46(3)4)42-51-36-53(73(79,80)81)24-31-66(51)75(92)93)58-27-22-49(38-62(58)64)48-21-20-47(5)61(37-48)70-59-28-25-54(84(8)9)39-67(59)82(6,7)68-40-55(85(10)11)26-29-60(68)70/h12-13,17-18,20-31,35-40,90-93H,1,3,14-16,19,32-34,41-44H2,2,4-11H3/p+1. The molecule has 484 valence electrons. The van der Waals surface area contributed by atoms with Crippen LogP contribution in [0.1, 0.15) is 89.6 Å². The van der Waals surface area contributed by atoms with Gasteiger partial charge in [0.15, 0.2) is 5.78 Å². The van der Waals surface area contributed by atoms with Crippen molar-refractivity contribution >= 4 is 93.0 Å². The zero-order chi connectivity index (χ0) is 67.6. The van der Waals surface area contributed by atoms with Gasteiger partial charge in [0.05, 0.1) is 11.1 Å². The average molecular weight is 1330 g/mol. The van der Waals surface area contributed by atoms with Gasteiger partial charge in [-0.05, 0) is 79.4 Å². The summed E-state index contributed by atoms with van der Waals surface area (Å²) in [6.45, 7) is 13.4. The van der Waals surface area contributed by atoms with Gasteiger partial charge >= 0.3 is 285 Å². The number of nitrogens with zero attached hydrogens (tertiary/aromatic N) is 4. The Balaban J connectivity index is 1.28. The molecule has 1 amide bonds. The molecule has 1 aliphatic heterocycles. The van der Waals surface area contributed by atoms with Crippen LogP contribution in [0.25, 0.3) is 38.2 Å². The fourth-order valence-corrected chi connectivity index (χ4v) is 19.3. The van der Waals surface area contributed by atoms with Crippen LogP contribution in [0.4, 0.5) is 32.0 Å². The summed E-state index contributed by atoms with van der Waals surface area (Å²) in [6.07, 6.45) is -1.35. The second-order valence-corrected chi connectivity index (χ2v) is 34.7. The number of unbranched alkanes of at least 4 members (excludes halogenated alkanes) is 1. The third-order valence-electron chi connectivity index (χ3n) is 18.0. The molecule has 0 saturated heterocycles. The van der Waals surface area contributed by atoms with Crippen molar-refractivity contribution in [1.82, 2.24) is 15.1 Å². The van der Waals surface area contributed by atoms with Crippen molar-refractivity contribution in [2.45, 2.75) is 96.5 Å². The minimum atomic E-state index is -4.75. The Morgan fingerprint density at radius 2 is 1.17 bits per heavy atom. The fraction of sp³-hybridized carbons (Fsp3) is 0.301. The molecule has 0 bridgehead atoms. The number of carbonyl (C=O) groups excluding carboxylic acids is 2. The zero-order valence-corrected chi connectivity index (χ0v) is 56.3. The number of ketones is 1. The van der Waals surface area contributed by atoms with E-state index in [0.29, 0.717) is 30.4 Å². The SMILES string of the molecule is C=C(C)C(=O)CCCCN(Cc1cc(C(F)(F)F)ccc1B(O)O)Cc1c2ccccc2c(CN(CCCNC(=O)C(=C)C)Cc2cc(C(F)(F)F)ccc2B(O)O)c2ccc(-c3ccc(C)c(C4=C5C=CC(=[N+](C)C)C=[C]5[Ge]([CH3])([CH3])[c]5cc(N(C)C)ccc54)c3)cc12. The van der Waals surface area contributed by atoms with E-state index in [1.165, 1.54) is 19.9 Å². The molecule has 5 N–H and O–H groups in total. The molecule has 0 spiro atoms. The number of halogens is 6. The number of benzene rings is 7. The number of carbonyl (C=O) groups is 2. The minimum absolute atomic E-state index is 0.0279. The number of amides is 1. The van der Waals surface area contributed by atoms with E-state index in [4.69, 9.17) is 0 Å². The Morgan fingerprint density at radius 3 is 1.71 bits per heavy atom. The second kappa shape index (κ2) is 28.5. The number of fused-ring (bicyclic) bond motifs is 4. The molecule has 9 rings (SSSR count). The van der Waals surface area contributed by atoms with E-state index in [-0.39, 0.29) is 86.0 Å². The summed E-state index contributed by atoms with van der Waals surface area (Å²) >= 11 is -3.01. The normalized spacial score (nSPS) is 13.8. The Labute approximate surface area is 544 Å². The van der Waals surface area contributed by atoms with E-state index in [0.717, 1.165) is 108 Å². The van der Waals surface area contributed by atoms with Crippen molar-refractivity contribution < 1.29 is 60.6 Å². The van der Waals surface area contributed by atoms with Crippen LogP contribution < -0.4 is 25.5 Å². The molecule has 20 heteroatoms. The van der Waals surface area contributed by atoms with Gasteiger partial charge in [0, 0.05) is 38.2 Å². The monoisotopic (exact) mass is 1330 g/mol. The quantitative estimate of drug-likeness (QED) is 0.00999.